The Morgan fingerprint density at radius 3 is 1.35 bits per heavy atom. The Hall–Kier alpha value is -8.21. The van der Waals surface area contributed by atoms with Crippen molar-refractivity contribution < 1.29 is 0 Å². The van der Waals surface area contributed by atoms with Crippen LogP contribution < -0.4 is 51.5 Å². The summed E-state index contributed by atoms with van der Waals surface area (Å²) in [5.41, 5.74) is 7.98. The number of para-hydroxylation sites is 1. The predicted molar refractivity (Wildman–Crippen MR) is 307 cm³/mol. The molecule has 7 heteroatoms. The summed E-state index contributed by atoms with van der Waals surface area (Å²) < 4.78 is 1.03. The summed E-state index contributed by atoms with van der Waals surface area (Å²) in [6, 6.07) is 96.0. The van der Waals surface area contributed by atoms with Crippen molar-refractivity contribution >= 4 is 112 Å². The number of H-pyrrole nitrogens is 1. The molecule has 71 heavy (non-hydrogen) atoms. The largest absolute Gasteiger partial charge is 0.355 e. The van der Waals surface area contributed by atoms with Gasteiger partial charge in [-0.05, 0) is 113 Å². The van der Waals surface area contributed by atoms with Gasteiger partial charge in [-0.3, -0.25) is 0 Å². The molecule has 1 aromatic heterocycles. The van der Waals surface area contributed by atoms with E-state index in [1.54, 1.807) is 0 Å². The van der Waals surface area contributed by atoms with Gasteiger partial charge in [0.05, 0.1) is 17.1 Å². The molecule has 0 saturated carbocycles. The van der Waals surface area contributed by atoms with Gasteiger partial charge in [0.15, 0.2) is 16.1 Å². The van der Waals surface area contributed by atoms with E-state index in [1.165, 1.54) is 63.4 Å². The van der Waals surface area contributed by atoms with Gasteiger partial charge in [0, 0.05) is 38.7 Å². The van der Waals surface area contributed by atoms with Crippen LogP contribution in [-0.4, -0.2) is 26.2 Å². The van der Waals surface area contributed by atoms with Crippen molar-refractivity contribution in [2.75, 3.05) is 10.0 Å². The Bertz CT molecular complexity index is 3650. The predicted octanol–water partition coefficient (Wildman–Crippen LogP) is 10.6. The van der Waals surface area contributed by atoms with Crippen molar-refractivity contribution in [2.45, 2.75) is 0 Å². The topological polar surface area (TPSA) is 25.5 Å². The van der Waals surface area contributed by atoms with Crippen molar-refractivity contribution in [1.82, 2.24) is 10.1 Å². The zero-order valence-corrected chi connectivity index (χ0v) is 42.4. The molecule has 10 aromatic carbocycles. The summed E-state index contributed by atoms with van der Waals surface area (Å²) >= 11 is 3.83. The van der Waals surface area contributed by atoms with E-state index < -0.39 is 16.1 Å². The van der Waals surface area contributed by atoms with Crippen LogP contribution in [0.15, 0.2) is 284 Å². The molecule has 0 atom stereocenters. The Morgan fingerprint density at radius 1 is 0.338 bits per heavy atom. The molecule has 0 radical (unpaired) electrons. The SMILES string of the molecule is Brc1ccc2c(c1)N1C=CC=CN1N2c1cc([Si](c2ccccc2)(c2ccccc2)c2ccccc2)cc([Si](c2ccccc2)(c2ccccc2)c2ccc(-c3ccc4[nH]c5ccccc5c4c3)cc2)c1. The molecule has 2 aliphatic rings. The molecule has 4 nitrogen and oxygen atoms in total. The number of rotatable bonds is 10. The monoisotopic (exact) mass is 1010 g/mol. The van der Waals surface area contributed by atoms with Crippen LogP contribution in [0.25, 0.3) is 32.9 Å². The van der Waals surface area contributed by atoms with Crippen LogP contribution >= 0.6 is 15.9 Å². The number of aromatic amines is 1. The molecule has 0 amide bonds. The van der Waals surface area contributed by atoms with Crippen LogP contribution in [-0.2, 0) is 0 Å². The summed E-state index contributed by atoms with van der Waals surface area (Å²) in [5.74, 6) is 0. The first-order valence-corrected chi connectivity index (χ1v) is 29.0. The molecular weight excluding hydrogens is 961 g/mol. The average Bonchev–Trinajstić information content (AvgIpc) is 3.98. The van der Waals surface area contributed by atoms with E-state index in [0.717, 1.165) is 32.6 Å². The lowest BCUT2D eigenvalue weighted by atomic mass is 10.0. The van der Waals surface area contributed by atoms with Crippen LogP contribution in [0.2, 0.25) is 0 Å². The van der Waals surface area contributed by atoms with Gasteiger partial charge < -0.3 is 4.98 Å². The number of benzene rings is 10. The van der Waals surface area contributed by atoms with E-state index in [9.17, 15) is 0 Å². The normalized spacial score (nSPS) is 13.2. The summed E-state index contributed by atoms with van der Waals surface area (Å²) in [7, 11) is -6.32. The van der Waals surface area contributed by atoms with E-state index >= 15 is 0 Å². The summed E-state index contributed by atoms with van der Waals surface area (Å²) in [5, 5.41) is 20.0. The number of fused-ring (bicyclic) bond motifs is 6. The van der Waals surface area contributed by atoms with E-state index in [0.29, 0.717) is 0 Å². The van der Waals surface area contributed by atoms with Gasteiger partial charge >= 0.3 is 0 Å². The van der Waals surface area contributed by atoms with E-state index in [4.69, 9.17) is 0 Å². The second-order valence-corrected chi connectivity index (χ2v) is 26.9. The highest BCUT2D eigenvalue weighted by Gasteiger charge is 2.47. The molecule has 11 aromatic rings. The minimum Gasteiger partial charge on any atom is -0.355 e. The van der Waals surface area contributed by atoms with Gasteiger partial charge in [-0.25, -0.2) is 10.0 Å². The lowest BCUT2D eigenvalue weighted by Gasteiger charge is -2.40. The molecule has 0 saturated heterocycles. The molecule has 0 aliphatic carbocycles. The minimum absolute atomic E-state index is 1.03. The number of hydrazine groups is 2. The number of aromatic nitrogens is 1. The molecular formula is C64H47BrN4Si2. The van der Waals surface area contributed by atoms with Gasteiger partial charge in [0.25, 0.3) is 0 Å². The minimum atomic E-state index is -3.21. The molecule has 338 valence electrons. The zero-order chi connectivity index (χ0) is 47.4. The van der Waals surface area contributed by atoms with E-state index in [1.807, 2.05) is 0 Å². The highest BCUT2D eigenvalue weighted by molar-refractivity contribution is 9.10. The van der Waals surface area contributed by atoms with Gasteiger partial charge in [-0.15, -0.1) is 0 Å². The standard InChI is InChI=1S/C64H47BrN4Si2/c65-49-35-39-63-64(43-49)67-40-18-19-41-68(67)69(63)50-44-57(70(51-20-6-1-7-21-51,52-22-8-2-9-23-52)53-24-10-3-11-25-53)46-58(45-50)71(54-26-12-4-13-27-54,55-28-14-5-15-29-55)56-36-32-47(33-37-56)48-34-38-62-60(42-48)59-30-16-17-31-61(59)66-62/h1-46,66H. The van der Waals surface area contributed by atoms with Crippen molar-refractivity contribution in [3.8, 4) is 11.1 Å². The van der Waals surface area contributed by atoms with Crippen molar-refractivity contribution in [3.63, 3.8) is 0 Å². The summed E-state index contributed by atoms with van der Waals surface area (Å²) in [4.78, 5) is 3.62. The fraction of sp³-hybridized carbons (Fsp3) is 0. The molecule has 0 bridgehead atoms. The van der Waals surface area contributed by atoms with Crippen LogP contribution in [0.3, 0.4) is 0 Å². The quantitative estimate of drug-likeness (QED) is 0.109. The van der Waals surface area contributed by atoms with Crippen LogP contribution in [0.4, 0.5) is 17.1 Å². The van der Waals surface area contributed by atoms with Crippen molar-refractivity contribution in [3.05, 3.63) is 284 Å². The van der Waals surface area contributed by atoms with Crippen molar-refractivity contribution in [1.29, 1.82) is 0 Å². The third-order valence-electron chi connectivity index (χ3n) is 14.6. The Morgan fingerprint density at radius 2 is 0.803 bits per heavy atom. The maximum atomic E-state index is 3.83. The van der Waals surface area contributed by atoms with Crippen LogP contribution in [0, 0.1) is 0 Å². The highest BCUT2D eigenvalue weighted by Crippen LogP contribution is 2.45. The molecule has 3 heterocycles. The first-order valence-electron chi connectivity index (χ1n) is 24.2. The number of hydrogen-bond donors (Lipinski definition) is 1. The summed E-state index contributed by atoms with van der Waals surface area (Å²) in [6.07, 6.45) is 8.55. The van der Waals surface area contributed by atoms with Crippen molar-refractivity contribution in [2.24, 2.45) is 0 Å². The highest BCUT2D eigenvalue weighted by atomic mass is 79.9. The number of anilines is 3. The van der Waals surface area contributed by atoms with Gasteiger partial charge in [-0.1, -0.05) is 222 Å². The molecule has 0 fully saturated rings. The van der Waals surface area contributed by atoms with E-state index in [-0.39, 0.29) is 0 Å². The second-order valence-electron chi connectivity index (χ2n) is 18.4. The third kappa shape index (κ3) is 6.99. The number of nitrogens with one attached hydrogen (secondary N) is 1. The Balaban J connectivity index is 1.13. The molecule has 2 aliphatic heterocycles. The van der Waals surface area contributed by atoms with Gasteiger partial charge in [0.2, 0.25) is 0 Å². The second kappa shape index (κ2) is 17.6. The van der Waals surface area contributed by atoms with Crippen LogP contribution in [0.5, 0.6) is 0 Å². The molecule has 13 rings (SSSR count). The first kappa shape index (κ1) is 42.9. The van der Waals surface area contributed by atoms with Crippen LogP contribution in [0.1, 0.15) is 0 Å². The Labute approximate surface area is 424 Å². The zero-order valence-electron chi connectivity index (χ0n) is 38.8. The number of nitrogens with zero attached hydrogens (tertiary/aromatic N) is 3. The third-order valence-corrected chi connectivity index (χ3v) is 24.6. The van der Waals surface area contributed by atoms with Gasteiger partial charge in [-0.2, -0.15) is 5.12 Å². The fourth-order valence-electron chi connectivity index (χ4n) is 11.5. The fourth-order valence-corrected chi connectivity index (χ4v) is 21.6. The lowest BCUT2D eigenvalue weighted by molar-refractivity contribution is 0.408. The number of allylic oxidation sites excluding steroid dienone is 2. The maximum absolute atomic E-state index is 3.83. The smallest absolute Gasteiger partial charge is 0.179 e. The molecule has 0 spiro atoms. The number of halogens is 1. The maximum Gasteiger partial charge on any atom is 0.179 e. The Kier molecular flexibility index (Phi) is 10.6. The summed E-state index contributed by atoms with van der Waals surface area (Å²) in [6.45, 7) is 0. The molecule has 1 N–H and O–H groups in total. The lowest BCUT2D eigenvalue weighted by Crippen LogP contribution is -2.78. The van der Waals surface area contributed by atoms with E-state index in [2.05, 4.69) is 315 Å². The first-order chi connectivity index (χ1) is 35.1. The average molecular weight is 1010 g/mol. The van der Waals surface area contributed by atoms with Gasteiger partial charge in [0.1, 0.15) is 0 Å². The molecule has 0 unspecified atom stereocenters. The number of hydrogen-bond acceptors (Lipinski definition) is 3.